The fraction of sp³-hybridized carbons (Fsp3) is 0.500. The maximum Gasteiger partial charge on any atom is 0.150 e. The lowest BCUT2D eigenvalue weighted by Crippen LogP contribution is -2.23. The molecule has 0 spiro atoms. The van der Waals surface area contributed by atoms with Gasteiger partial charge < -0.3 is 15.0 Å². The van der Waals surface area contributed by atoms with Gasteiger partial charge in [0.1, 0.15) is 0 Å². The van der Waals surface area contributed by atoms with Gasteiger partial charge in [0.25, 0.3) is 0 Å². The zero-order valence-corrected chi connectivity index (χ0v) is 19.2. The van der Waals surface area contributed by atoms with Crippen LogP contribution in [0.25, 0.3) is 11.1 Å². The Balaban J connectivity index is 2.10. The average Bonchev–Trinajstić information content (AvgIpc) is 3.23. The quantitative estimate of drug-likeness (QED) is 0.439. The summed E-state index contributed by atoms with van der Waals surface area (Å²) in [6, 6.07) is 10.2. The lowest BCUT2D eigenvalue weighted by Gasteiger charge is -2.27. The molecule has 3 nitrogen and oxygen atoms in total. The number of nitrogens with zero attached hydrogens (tertiary/aromatic N) is 1. The van der Waals surface area contributed by atoms with Crippen molar-refractivity contribution in [2.24, 2.45) is 5.92 Å². The summed E-state index contributed by atoms with van der Waals surface area (Å²) in [5.41, 5.74) is 4.63. The van der Waals surface area contributed by atoms with Crippen molar-refractivity contribution in [1.29, 1.82) is 0 Å². The van der Waals surface area contributed by atoms with E-state index in [0.717, 1.165) is 49.5 Å². The van der Waals surface area contributed by atoms with Gasteiger partial charge in [-0.25, -0.2) is 0 Å². The highest BCUT2D eigenvalue weighted by atomic mass is 35.5. The second-order valence-corrected chi connectivity index (χ2v) is 8.97. The summed E-state index contributed by atoms with van der Waals surface area (Å²) in [6.45, 7) is 11.2. The molecule has 1 aliphatic heterocycles. The molecule has 2 aromatic rings. The van der Waals surface area contributed by atoms with Crippen molar-refractivity contribution in [3.8, 4) is 16.9 Å². The van der Waals surface area contributed by atoms with Crippen molar-refractivity contribution in [2.75, 3.05) is 31.1 Å². The average molecular weight is 435 g/mol. The molecule has 1 saturated heterocycles. The molecule has 1 fully saturated rings. The van der Waals surface area contributed by atoms with E-state index in [2.05, 4.69) is 43.1 Å². The Morgan fingerprint density at radius 2 is 1.83 bits per heavy atom. The van der Waals surface area contributed by atoms with Crippen LogP contribution in [-0.4, -0.2) is 26.2 Å². The van der Waals surface area contributed by atoms with Gasteiger partial charge in [0.05, 0.1) is 22.3 Å². The first-order valence-electron chi connectivity index (χ1n) is 10.7. The Kier molecular flexibility index (Phi) is 8.11. The lowest BCUT2D eigenvalue weighted by atomic mass is 9.99. The van der Waals surface area contributed by atoms with E-state index in [1.807, 2.05) is 18.2 Å². The largest absolute Gasteiger partial charge is 0.490 e. The first-order chi connectivity index (χ1) is 14.0. The van der Waals surface area contributed by atoms with Gasteiger partial charge in [-0.2, -0.15) is 0 Å². The molecule has 1 aliphatic rings. The SMILES string of the molecule is CCCNCc1ccc(-c2ccc(Cl)c(Cl)c2)c(OCC(C)C)c1N1CCCC1. The Morgan fingerprint density at radius 3 is 2.48 bits per heavy atom. The summed E-state index contributed by atoms with van der Waals surface area (Å²) >= 11 is 12.5. The van der Waals surface area contributed by atoms with Gasteiger partial charge in [0.2, 0.25) is 0 Å². The van der Waals surface area contributed by atoms with Gasteiger partial charge in [0, 0.05) is 25.2 Å². The summed E-state index contributed by atoms with van der Waals surface area (Å²) in [5.74, 6) is 1.42. The molecular weight excluding hydrogens is 403 g/mol. The van der Waals surface area contributed by atoms with Crippen LogP contribution in [-0.2, 0) is 6.54 Å². The van der Waals surface area contributed by atoms with Crippen molar-refractivity contribution in [2.45, 2.75) is 46.6 Å². The predicted octanol–water partition coefficient (Wildman–Crippen LogP) is 6.80. The molecule has 1 heterocycles. The van der Waals surface area contributed by atoms with Gasteiger partial charge in [-0.15, -0.1) is 0 Å². The van der Waals surface area contributed by atoms with E-state index < -0.39 is 0 Å². The van der Waals surface area contributed by atoms with Crippen LogP contribution >= 0.6 is 23.2 Å². The number of halogens is 2. The zero-order valence-electron chi connectivity index (χ0n) is 17.7. The first-order valence-corrected chi connectivity index (χ1v) is 11.5. The van der Waals surface area contributed by atoms with E-state index in [0.29, 0.717) is 22.6 Å². The van der Waals surface area contributed by atoms with Crippen LogP contribution in [0.5, 0.6) is 5.75 Å². The Labute approximate surface area is 185 Å². The smallest absolute Gasteiger partial charge is 0.150 e. The van der Waals surface area contributed by atoms with Gasteiger partial charge in [-0.05, 0) is 55.0 Å². The van der Waals surface area contributed by atoms with Crippen LogP contribution in [0, 0.1) is 5.92 Å². The highest BCUT2D eigenvalue weighted by molar-refractivity contribution is 6.42. The molecular formula is C24H32Cl2N2O. The van der Waals surface area contributed by atoms with Crippen molar-refractivity contribution in [3.63, 3.8) is 0 Å². The third-order valence-electron chi connectivity index (χ3n) is 5.17. The minimum atomic E-state index is 0.449. The minimum Gasteiger partial charge on any atom is -0.490 e. The number of anilines is 1. The summed E-state index contributed by atoms with van der Waals surface area (Å²) in [4.78, 5) is 2.49. The molecule has 2 aromatic carbocycles. The number of nitrogens with one attached hydrogen (secondary N) is 1. The van der Waals surface area contributed by atoms with Gasteiger partial charge in [-0.1, -0.05) is 62.2 Å². The van der Waals surface area contributed by atoms with E-state index in [4.69, 9.17) is 27.9 Å². The highest BCUT2D eigenvalue weighted by Gasteiger charge is 2.24. The molecule has 1 N–H and O–H groups in total. The van der Waals surface area contributed by atoms with Gasteiger partial charge >= 0.3 is 0 Å². The number of hydrogen-bond donors (Lipinski definition) is 1. The monoisotopic (exact) mass is 434 g/mol. The molecule has 0 bridgehead atoms. The van der Waals surface area contributed by atoms with Crippen LogP contribution in [0.15, 0.2) is 30.3 Å². The molecule has 3 rings (SSSR count). The third-order valence-corrected chi connectivity index (χ3v) is 5.91. The Morgan fingerprint density at radius 1 is 1.07 bits per heavy atom. The maximum atomic E-state index is 6.47. The molecule has 0 saturated carbocycles. The maximum absolute atomic E-state index is 6.47. The van der Waals surface area contributed by atoms with Crippen molar-refractivity contribution < 1.29 is 4.74 Å². The Hall–Kier alpha value is -1.42. The number of ether oxygens (including phenoxy) is 1. The van der Waals surface area contributed by atoms with E-state index in [-0.39, 0.29) is 0 Å². The number of hydrogen-bond acceptors (Lipinski definition) is 3. The second kappa shape index (κ2) is 10.6. The molecule has 5 heteroatoms. The number of benzene rings is 2. The normalized spacial score (nSPS) is 14.1. The van der Waals surface area contributed by atoms with Crippen LogP contribution in [0.4, 0.5) is 5.69 Å². The highest BCUT2D eigenvalue weighted by Crippen LogP contribution is 2.43. The van der Waals surface area contributed by atoms with Crippen LogP contribution < -0.4 is 15.0 Å². The van der Waals surface area contributed by atoms with Crippen LogP contribution in [0.3, 0.4) is 0 Å². The lowest BCUT2D eigenvalue weighted by molar-refractivity contribution is 0.272. The minimum absolute atomic E-state index is 0.449. The molecule has 0 amide bonds. The fourth-order valence-electron chi connectivity index (χ4n) is 3.73. The van der Waals surface area contributed by atoms with Crippen molar-refractivity contribution in [1.82, 2.24) is 5.32 Å². The first kappa shape index (κ1) is 22.3. The van der Waals surface area contributed by atoms with Gasteiger partial charge in [-0.3, -0.25) is 0 Å². The van der Waals surface area contributed by atoms with Crippen LogP contribution in [0.2, 0.25) is 10.0 Å². The summed E-state index contributed by atoms with van der Waals surface area (Å²) < 4.78 is 6.47. The summed E-state index contributed by atoms with van der Waals surface area (Å²) in [7, 11) is 0. The van der Waals surface area contributed by atoms with Gasteiger partial charge in [0.15, 0.2) is 5.75 Å². The van der Waals surface area contributed by atoms with Crippen molar-refractivity contribution in [3.05, 3.63) is 45.9 Å². The van der Waals surface area contributed by atoms with E-state index in [1.165, 1.54) is 24.1 Å². The summed E-state index contributed by atoms with van der Waals surface area (Å²) in [5, 5.41) is 4.70. The van der Waals surface area contributed by atoms with E-state index in [9.17, 15) is 0 Å². The number of rotatable bonds is 9. The van der Waals surface area contributed by atoms with Crippen molar-refractivity contribution >= 4 is 28.9 Å². The predicted molar refractivity (Wildman–Crippen MR) is 126 cm³/mol. The fourth-order valence-corrected chi connectivity index (χ4v) is 4.03. The molecule has 0 aromatic heterocycles. The van der Waals surface area contributed by atoms with E-state index in [1.54, 1.807) is 0 Å². The third kappa shape index (κ3) is 5.59. The zero-order chi connectivity index (χ0) is 20.8. The molecule has 158 valence electrons. The molecule has 0 radical (unpaired) electrons. The molecule has 0 unspecified atom stereocenters. The standard InChI is InChI=1S/C24H32Cl2N2O/c1-4-11-27-15-19-7-9-20(18-8-10-21(25)22(26)14-18)24(29-16-17(2)3)23(19)28-12-5-6-13-28/h7-10,14,17,27H,4-6,11-13,15-16H2,1-3H3. The Bertz CT molecular complexity index is 817. The molecule has 0 atom stereocenters. The second-order valence-electron chi connectivity index (χ2n) is 8.15. The topological polar surface area (TPSA) is 24.5 Å². The van der Waals surface area contributed by atoms with E-state index >= 15 is 0 Å². The van der Waals surface area contributed by atoms with Crippen LogP contribution in [0.1, 0.15) is 45.6 Å². The molecule has 0 aliphatic carbocycles. The summed E-state index contributed by atoms with van der Waals surface area (Å²) in [6.07, 6.45) is 3.57. The molecule has 29 heavy (non-hydrogen) atoms.